The van der Waals surface area contributed by atoms with Crippen LogP contribution in [-0.4, -0.2) is 10.9 Å². The molecule has 7 nitrogen and oxygen atoms in total. The van der Waals surface area contributed by atoms with Crippen molar-refractivity contribution in [1.29, 1.82) is 0 Å². The van der Waals surface area contributed by atoms with Crippen LogP contribution in [0.5, 0.6) is 11.5 Å². The Morgan fingerprint density at radius 1 is 1.10 bits per heavy atom. The molecule has 0 spiro atoms. The molecule has 148 valence electrons. The number of hydrogen-bond donors (Lipinski definition) is 4. The van der Waals surface area contributed by atoms with Crippen LogP contribution in [0.25, 0.3) is 0 Å². The van der Waals surface area contributed by atoms with Gasteiger partial charge >= 0.3 is 0 Å². The number of pyridine rings is 1. The van der Waals surface area contributed by atoms with Crippen LogP contribution in [0.3, 0.4) is 0 Å². The van der Waals surface area contributed by atoms with Gasteiger partial charge in [0.25, 0.3) is 5.91 Å². The van der Waals surface area contributed by atoms with E-state index in [1.54, 1.807) is 0 Å². The summed E-state index contributed by atoms with van der Waals surface area (Å²) in [5.41, 5.74) is 12.2. The van der Waals surface area contributed by atoms with E-state index in [2.05, 4.69) is 15.6 Å². The number of rotatable bonds is 6. The summed E-state index contributed by atoms with van der Waals surface area (Å²) in [5, 5.41) is 5.48. The number of amides is 1. The number of carbonyl (C=O) groups excluding carboxylic acids is 1. The van der Waals surface area contributed by atoms with Crippen molar-refractivity contribution in [2.24, 2.45) is 5.73 Å². The standard InChI is InChI=1S/C20H17ClFN5O2/c21-18-17(8-9-25-19(18)24)29-16-7-6-13(10-14(16)22)27-20(28)15(23)11-26-12-4-2-1-3-5-12/h1-11,26H,23H2,(H2,24,25)(H,27,28)/b15-11-. The molecular weight excluding hydrogens is 397 g/mol. The fraction of sp³-hybridized carbons (Fsp3) is 0. The zero-order valence-electron chi connectivity index (χ0n) is 15.0. The molecule has 0 atom stereocenters. The van der Waals surface area contributed by atoms with E-state index in [1.807, 2.05) is 30.3 Å². The minimum absolute atomic E-state index is 0.0693. The lowest BCUT2D eigenvalue weighted by Crippen LogP contribution is -2.21. The number of nitrogen functional groups attached to an aromatic ring is 1. The van der Waals surface area contributed by atoms with Crippen LogP contribution >= 0.6 is 11.6 Å². The predicted octanol–water partition coefficient (Wildman–Crippen LogP) is 4.10. The number of ether oxygens (including phenoxy) is 1. The molecule has 3 aromatic rings. The molecular formula is C20H17ClFN5O2. The molecule has 6 N–H and O–H groups in total. The van der Waals surface area contributed by atoms with Crippen molar-refractivity contribution >= 4 is 34.7 Å². The van der Waals surface area contributed by atoms with E-state index in [9.17, 15) is 9.18 Å². The average Bonchev–Trinajstić information content (AvgIpc) is 2.72. The van der Waals surface area contributed by atoms with Crippen LogP contribution in [0.4, 0.5) is 21.6 Å². The SMILES string of the molecule is N/C(=C\Nc1ccccc1)C(=O)Nc1ccc(Oc2ccnc(N)c2Cl)c(F)c1. The summed E-state index contributed by atoms with van der Waals surface area (Å²) in [7, 11) is 0. The maximum Gasteiger partial charge on any atom is 0.273 e. The van der Waals surface area contributed by atoms with E-state index in [-0.39, 0.29) is 33.7 Å². The number of nitrogens with two attached hydrogens (primary N) is 2. The highest BCUT2D eigenvalue weighted by atomic mass is 35.5. The van der Waals surface area contributed by atoms with Crippen LogP contribution in [0.2, 0.25) is 5.02 Å². The van der Waals surface area contributed by atoms with E-state index in [4.69, 9.17) is 27.8 Å². The third-order valence-corrected chi connectivity index (χ3v) is 4.10. The lowest BCUT2D eigenvalue weighted by Gasteiger charge is -2.11. The number of aromatic nitrogens is 1. The van der Waals surface area contributed by atoms with Crippen LogP contribution in [0.1, 0.15) is 0 Å². The van der Waals surface area contributed by atoms with Gasteiger partial charge in [-0.3, -0.25) is 4.79 Å². The molecule has 29 heavy (non-hydrogen) atoms. The van der Waals surface area contributed by atoms with Crippen molar-refractivity contribution < 1.29 is 13.9 Å². The topological polar surface area (TPSA) is 115 Å². The number of hydrogen-bond acceptors (Lipinski definition) is 6. The molecule has 0 saturated carbocycles. The second kappa shape index (κ2) is 8.94. The van der Waals surface area contributed by atoms with Gasteiger partial charge in [-0.25, -0.2) is 9.37 Å². The number of benzene rings is 2. The molecule has 9 heteroatoms. The Labute approximate surface area is 171 Å². The van der Waals surface area contributed by atoms with Crippen LogP contribution in [0, 0.1) is 5.82 Å². The zero-order chi connectivity index (χ0) is 20.8. The summed E-state index contributed by atoms with van der Waals surface area (Å²) in [6.07, 6.45) is 2.75. The molecule has 0 saturated heterocycles. The lowest BCUT2D eigenvalue weighted by molar-refractivity contribution is -0.112. The highest BCUT2D eigenvalue weighted by molar-refractivity contribution is 6.34. The molecule has 3 rings (SSSR count). The van der Waals surface area contributed by atoms with Gasteiger partial charge in [-0.1, -0.05) is 29.8 Å². The predicted molar refractivity (Wildman–Crippen MR) is 111 cm³/mol. The summed E-state index contributed by atoms with van der Waals surface area (Å²) in [6, 6.07) is 14.6. The van der Waals surface area contributed by atoms with Gasteiger partial charge in [0.05, 0.1) is 0 Å². The Bertz CT molecular complexity index is 1060. The lowest BCUT2D eigenvalue weighted by atomic mass is 10.2. The van der Waals surface area contributed by atoms with E-state index in [1.165, 1.54) is 30.6 Å². The quantitative estimate of drug-likeness (QED) is 0.452. The van der Waals surface area contributed by atoms with Gasteiger partial charge in [-0.05, 0) is 24.3 Å². The highest BCUT2D eigenvalue weighted by Gasteiger charge is 2.12. The Hall–Kier alpha value is -3.78. The summed E-state index contributed by atoms with van der Waals surface area (Å²) in [5.74, 6) is -1.16. The summed E-state index contributed by atoms with van der Waals surface area (Å²) < 4.78 is 19.8. The Morgan fingerprint density at radius 3 is 2.59 bits per heavy atom. The first-order chi connectivity index (χ1) is 13.9. The molecule has 0 unspecified atom stereocenters. The van der Waals surface area contributed by atoms with Gasteiger partial charge in [0.2, 0.25) is 0 Å². The van der Waals surface area contributed by atoms with Crippen LogP contribution in [-0.2, 0) is 4.79 Å². The first-order valence-corrected chi connectivity index (χ1v) is 8.78. The Morgan fingerprint density at radius 2 is 1.86 bits per heavy atom. The van der Waals surface area contributed by atoms with Gasteiger partial charge < -0.3 is 26.8 Å². The smallest absolute Gasteiger partial charge is 0.273 e. The summed E-state index contributed by atoms with van der Waals surface area (Å²) in [6.45, 7) is 0. The normalized spacial score (nSPS) is 11.0. The van der Waals surface area contributed by atoms with E-state index in [0.717, 1.165) is 11.8 Å². The third kappa shape index (κ3) is 5.14. The fourth-order valence-corrected chi connectivity index (χ4v) is 2.41. The highest BCUT2D eigenvalue weighted by Crippen LogP contribution is 2.33. The monoisotopic (exact) mass is 413 g/mol. The maximum atomic E-state index is 14.4. The molecule has 1 heterocycles. The largest absolute Gasteiger partial charge is 0.453 e. The number of nitrogens with zero attached hydrogens (tertiary/aromatic N) is 1. The second-order valence-electron chi connectivity index (χ2n) is 5.82. The number of nitrogens with one attached hydrogen (secondary N) is 2. The zero-order valence-corrected chi connectivity index (χ0v) is 15.8. The Kier molecular flexibility index (Phi) is 6.16. The minimum atomic E-state index is -0.709. The molecule has 0 aliphatic heterocycles. The van der Waals surface area contributed by atoms with E-state index < -0.39 is 11.7 Å². The molecule has 0 aliphatic rings. The van der Waals surface area contributed by atoms with Crippen molar-refractivity contribution in [2.45, 2.75) is 0 Å². The van der Waals surface area contributed by atoms with Gasteiger partial charge in [-0.2, -0.15) is 0 Å². The molecule has 2 aromatic carbocycles. The van der Waals surface area contributed by atoms with Crippen molar-refractivity contribution in [1.82, 2.24) is 4.98 Å². The minimum Gasteiger partial charge on any atom is -0.453 e. The van der Waals surface area contributed by atoms with Gasteiger partial charge in [0.15, 0.2) is 17.3 Å². The number of para-hydroxylation sites is 1. The second-order valence-corrected chi connectivity index (χ2v) is 6.20. The first-order valence-electron chi connectivity index (χ1n) is 8.40. The van der Waals surface area contributed by atoms with Crippen molar-refractivity contribution in [3.05, 3.63) is 83.5 Å². The van der Waals surface area contributed by atoms with Crippen molar-refractivity contribution in [3.8, 4) is 11.5 Å². The molecule has 1 amide bonds. The molecule has 0 aliphatic carbocycles. The van der Waals surface area contributed by atoms with Gasteiger partial charge in [-0.15, -0.1) is 0 Å². The van der Waals surface area contributed by atoms with E-state index in [0.29, 0.717) is 0 Å². The fourth-order valence-electron chi connectivity index (χ4n) is 2.26. The van der Waals surface area contributed by atoms with Crippen molar-refractivity contribution in [3.63, 3.8) is 0 Å². The third-order valence-electron chi connectivity index (χ3n) is 3.72. The number of anilines is 3. The summed E-state index contributed by atoms with van der Waals surface area (Å²) >= 11 is 5.99. The maximum absolute atomic E-state index is 14.4. The number of carbonyl (C=O) groups is 1. The average molecular weight is 414 g/mol. The Balaban J connectivity index is 1.66. The molecule has 0 bridgehead atoms. The van der Waals surface area contributed by atoms with Gasteiger partial charge in [0, 0.05) is 35.9 Å². The van der Waals surface area contributed by atoms with Crippen molar-refractivity contribution in [2.75, 3.05) is 16.4 Å². The summed E-state index contributed by atoms with van der Waals surface area (Å²) in [4.78, 5) is 16.0. The van der Waals surface area contributed by atoms with E-state index >= 15 is 0 Å². The van der Waals surface area contributed by atoms with Crippen LogP contribution < -0.4 is 26.8 Å². The molecule has 0 radical (unpaired) electrons. The number of halogens is 2. The first kappa shape index (κ1) is 20.0. The van der Waals surface area contributed by atoms with Crippen LogP contribution in [0.15, 0.2) is 72.7 Å². The molecule has 1 aromatic heterocycles. The van der Waals surface area contributed by atoms with Gasteiger partial charge in [0.1, 0.15) is 16.5 Å². The molecule has 0 fully saturated rings.